The van der Waals surface area contributed by atoms with E-state index in [0.717, 1.165) is 86.3 Å². The molecule has 0 radical (unpaired) electrons. The fourth-order valence-electron chi connectivity index (χ4n) is 7.36. The molecule has 1 atom stereocenters. The van der Waals surface area contributed by atoms with Crippen LogP contribution >= 0.6 is 22.9 Å². The van der Waals surface area contributed by atoms with E-state index in [-0.39, 0.29) is 5.54 Å². The van der Waals surface area contributed by atoms with Gasteiger partial charge in [0.05, 0.1) is 38.3 Å². The van der Waals surface area contributed by atoms with Gasteiger partial charge < -0.3 is 14.7 Å². The standard InChI is InChI=1S/C39H46ClN5O3S/c1-22-21-28-35(31(23-11-13-25(40)14-12-23)30(22)34(37(46)47)48-39(5,6)7)49-36(42-28)27-15-16-29-33(41-27)32(43-45(29)38(2,3)4)24-17-19-44(20-18-24)26-9-8-10-26/h11-16,21,24,26,34H,8-10,17-20H2,1-7H3,(H,46,47)/t34-/m0/s1. The number of carboxylic acid groups (broad SMARTS) is 1. The number of hydrogen-bond acceptors (Lipinski definition) is 7. The number of hydrogen-bond donors (Lipinski definition) is 1. The molecular weight excluding hydrogens is 654 g/mol. The molecule has 1 saturated carbocycles. The molecule has 2 aromatic carbocycles. The number of thiazole rings is 1. The Labute approximate surface area is 297 Å². The number of nitrogens with zero attached hydrogens (tertiary/aromatic N) is 5. The van der Waals surface area contributed by atoms with E-state index in [1.54, 1.807) is 0 Å². The number of halogens is 1. The smallest absolute Gasteiger partial charge is 0.337 e. The number of rotatable bonds is 7. The van der Waals surface area contributed by atoms with Crippen LogP contribution in [0.1, 0.15) is 102 Å². The van der Waals surface area contributed by atoms with Crippen molar-refractivity contribution in [1.29, 1.82) is 0 Å². The number of ether oxygens (including phenoxy) is 1. The first-order chi connectivity index (χ1) is 23.2. The molecule has 1 N–H and O–H groups in total. The van der Waals surface area contributed by atoms with Gasteiger partial charge >= 0.3 is 5.97 Å². The molecular formula is C39H46ClN5O3S. The van der Waals surface area contributed by atoms with Crippen LogP contribution in [0.2, 0.25) is 5.02 Å². The van der Waals surface area contributed by atoms with E-state index < -0.39 is 17.7 Å². The summed E-state index contributed by atoms with van der Waals surface area (Å²) in [6.45, 7) is 16.4. The van der Waals surface area contributed by atoms with Crippen LogP contribution in [-0.2, 0) is 15.1 Å². The molecule has 0 amide bonds. The van der Waals surface area contributed by atoms with Crippen LogP contribution in [0.5, 0.6) is 0 Å². The molecule has 49 heavy (non-hydrogen) atoms. The van der Waals surface area contributed by atoms with E-state index in [0.29, 0.717) is 16.5 Å². The third-order valence-corrected chi connectivity index (χ3v) is 11.3. The normalized spacial score (nSPS) is 17.6. The SMILES string of the molecule is Cc1cc2nc(-c3ccc4c(n3)c(C3CCN(C5CCC5)CC3)nn4C(C)(C)C)sc2c(-c2ccc(Cl)cc2)c1[C@H](OC(C)(C)C)C(=O)O. The van der Waals surface area contributed by atoms with E-state index in [9.17, 15) is 9.90 Å². The first-order valence-corrected chi connectivity index (χ1v) is 18.6. The average molecular weight is 700 g/mol. The number of likely N-dealkylation sites (tertiary alicyclic amines) is 1. The maximum atomic E-state index is 12.8. The third-order valence-electron chi connectivity index (χ3n) is 9.93. The first-order valence-electron chi connectivity index (χ1n) is 17.4. The number of aryl methyl sites for hydroxylation is 1. The predicted molar refractivity (Wildman–Crippen MR) is 199 cm³/mol. The monoisotopic (exact) mass is 699 g/mol. The minimum Gasteiger partial charge on any atom is -0.479 e. The maximum absolute atomic E-state index is 12.8. The van der Waals surface area contributed by atoms with Crippen LogP contribution in [0, 0.1) is 6.92 Å². The zero-order valence-corrected chi connectivity index (χ0v) is 31.1. The second kappa shape index (κ2) is 12.7. The highest BCUT2D eigenvalue weighted by Gasteiger charge is 2.34. The lowest BCUT2D eigenvalue weighted by Gasteiger charge is -2.41. The summed E-state index contributed by atoms with van der Waals surface area (Å²) >= 11 is 7.83. The van der Waals surface area contributed by atoms with Crippen molar-refractivity contribution in [1.82, 2.24) is 24.6 Å². The number of pyridine rings is 1. The first kappa shape index (κ1) is 34.1. The summed E-state index contributed by atoms with van der Waals surface area (Å²) in [7, 11) is 0. The molecule has 10 heteroatoms. The van der Waals surface area contributed by atoms with Crippen molar-refractivity contribution >= 4 is 50.2 Å². The Morgan fingerprint density at radius 3 is 2.29 bits per heavy atom. The minimum absolute atomic E-state index is 0.195. The van der Waals surface area contributed by atoms with Crippen LogP contribution in [0.25, 0.3) is 43.1 Å². The summed E-state index contributed by atoms with van der Waals surface area (Å²) in [4.78, 5) is 25.9. The number of benzene rings is 2. The molecule has 5 aromatic rings. The highest BCUT2D eigenvalue weighted by atomic mass is 35.5. The molecule has 258 valence electrons. The van der Waals surface area contributed by atoms with E-state index in [1.165, 1.54) is 30.6 Å². The van der Waals surface area contributed by atoms with Gasteiger partial charge in [-0.05, 0) is 129 Å². The summed E-state index contributed by atoms with van der Waals surface area (Å²) in [5.41, 5.74) is 6.87. The molecule has 0 spiro atoms. The van der Waals surface area contributed by atoms with E-state index in [4.69, 9.17) is 31.4 Å². The van der Waals surface area contributed by atoms with Crippen molar-refractivity contribution in [3.8, 4) is 21.8 Å². The number of fused-ring (bicyclic) bond motifs is 2. The van der Waals surface area contributed by atoms with Crippen LogP contribution < -0.4 is 0 Å². The van der Waals surface area contributed by atoms with Gasteiger partial charge in [0.25, 0.3) is 0 Å². The van der Waals surface area contributed by atoms with Crippen LogP contribution in [0.15, 0.2) is 42.5 Å². The van der Waals surface area contributed by atoms with E-state index >= 15 is 0 Å². The average Bonchev–Trinajstić information content (AvgIpc) is 3.60. The van der Waals surface area contributed by atoms with Gasteiger partial charge in [-0.25, -0.2) is 14.8 Å². The quantitative estimate of drug-likeness (QED) is 0.181. The van der Waals surface area contributed by atoms with Gasteiger partial charge in [0, 0.05) is 28.1 Å². The lowest BCUT2D eigenvalue weighted by atomic mass is 9.86. The van der Waals surface area contributed by atoms with Crippen molar-refractivity contribution in [3.63, 3.8) is 0 Å². The Morgan fingerprint density at radius 1 is 1.00 bits per heavy atom. The molecule has 1 aliphatic carbocycles. The number of carbonyl (C=O) groups is 1. The Morgan fingerprint density at radius 2 is 1.69 bits per heavy atom. The largest absolute Gasteiger partial charge is 0.479 e. The second-order valence-electron chi connectivity index (χ2n) is 15.7. The molecule has 0 unspecified atom stereocenters. The Kier molecular flexibility index (Phi) is 8.87. The molecule has 1 aliphatic heterocycles. The highest BCUT2D eigenvalue weighted by molar-refractivity contribution is 7.22. The van der Waals surface area contributed by atoms with Gasteiger partial charge in [-0.2, -0.15) is 5.10 Å². The van der Waals surface area contributed by atoms with Crippen LogP contribution in [0.4, 0.5) is 0 Å². The van der Waals surface area contributed by atoms with Gasteiger partial charge in [0.1, 0.15) is 10.5 Å². The zero-order chi connectivity index (χ0) is 34.8. The van der Waals surface area contributed by atoms with Gasteiger partial charge in [0.2, 0.25) is 0 Å². The van der Waals surface area contributed by atoms with Crippen LogP contribution in [0.3, 0.4) is 0 Å². The van der Waals surface area contributed by atoms with E-state index in [1.807, 2.05) is 64.1 Å². The van der Waals surface area contributed by atoms with Gasteiger partial charge in [-0.3, -0.25) is 4.68 Å². The highest BCUT2D eigenvalue weighted by Crippen LogP contribution is 2.45. The zero-order valence-electron chi connectivity index (χ0n) is 29.5. The van der Waals surface area contributed by atoms with E-state index in [2.05, 4.69) is 36.4 Å². The number of aromatic nitrogens is 4. The predicted octanol–water partition coefficient (Wildman–Crippen LogP) is 9.76. The Bertz CT molecular complexity index is 2030. The topological polar surface area (TPSA) is 93.4 Å². The van der Waals surface area contributed by atoms with Crippen LogP contribution in [-0.4, -0.2) is 60.5 Å². The minimum atomic E-state index is -1.17. The summed E-state index contributed by atoms with van der Waals surface area (Å²) in [5.74, 6) is -0.676. The summed E-state index contributed by atoms with van der Waals surface area (Å²) < 4.78 is 9.23. The fourth-order valence-corrected chi connectivity index (χ4v) is 8.58. The number of aliphatic carboxylic acids is 1. The number of carboxylic acids is 1. The van der Waals surface area contributed by atoms with Crippen molar-refractivity contribution in [2.75, 3.05) is 13.1 Å². The molecule has 4 heterocycles. The molecule has 1 saturated heterocycles. The fraction of sp³-hybridized carbons (Fsp3) is 0.487. The van der Waals surface area contributed by atoms with Gasteiger partial charge in [0.15, 0.2) is 6.10 Å². The van der Waals surface area contributed by atoms with Gasteiger partial charge in [-0.15, -0.1) is 11.3 Å². The second-order valence-corrected chi connectivity index (χ2v) is 17.2. The molecule has 8 nitrogen and oxygen atoms in total. The van der Waals surface area contributed by atoms with Crippen molar-refractivity contribution in [2.24, 2.45) is 0 Å². The van der Waals surface area contributed by atoms with Crippen molar-refractivity contribution in [3.05, 3.63) is 64.3 Å². The summed E-state index contributed by atoms with van der Waals surface area (Å²) in [6.07, 6.45) is 5.04. The van der Waals surface area contributed by atoms with Crippen molar-refractivity contribution < 1.29 is 14.6 Å². The third kappa shape index (κ3) is 6.63. The molecule has 7 rings (SSSR count). The maximum Gasteiger partial charge on any atom is 0.337 e. The number of piperidine rings is 1. The molecule has 2 fully saturated rings. The van der Waals surface area contributed by atoms with Gasteiger partial charge in [-0.1, -0.05) is 30.2 Å². The molecule has 0 bridgehead atoms. The Balaban J connectivity index is 1.36. The van der Waals surface area contributed by atoms with Crippen molar-refractivity contribution in [2.45, 2.75) is 110 Å². The summed E-state index contributed by atoms with van der Waals surface area (Å²) in [6, 6.07) is 14.5. The Hall–Kier alpha value is -3.37. The summed E-state index contributed by atoms with van der Waals surface area (Å²) in [5, 5.41) is 17.1. The molecule has 3 aromatic heterocycles. The lowest BCUT2D eigenvalue weighted by molar-refractivity contribution is -0.160. The lowest BCUT2D eigenvalue weighted by Crippen LogP contribution is -2.44. The molecule has 2 aliphatic rings.